The van der Waals surface area contributed by atoms with Gasteiger partial charge in [0.25, 0.3) is 0 Å². The van der Waals surface area contributed by atoms with Crippen molar-refractivity contribution in [2.75, 3.05) is 30.0 Å². The first kappa shape index (κ1) is 15.7. The average molecular weight is 306 g/mol. The molecule has 0 radical (unpaired) electrons. The minimum absolute atomic E-state index is 0.179. The Labute approximate surface area is 128 Å². The van der Waals surface area contributed by atoms with Gasteiger partial charge in [-0.2, -0.15) is 4.98 Å². The molecular formula is C15H22N4OS. The van der Waals surface area contributed by atoms with Gasteiger partial charge < -0.3 is 10.6 Å². The number of rotatable bonds is 7. The molecule has 0 aliphatic rings. The van der Waals surface area contributed by atoms with Crippen LogP contribution in [0.3, 0.4) is 0 Å². The molecule has 0 saturated heterocycles. The fourth-order valence-electron chi connectivity index (χ4n) is 2.01. The maximum atomic E-state index is 11.4. The van der Waals surface area contributed by atoms with Gasteiger partial charge in [0.05, 0.1) is 5.52 Å². The van der Waals surface area contributed by atoms with E-state index >= 15 is 0 Å². The number of hydrogen-bond donors (Lipinski definition) is 2. The first-order chi connectivity index (χ1) is 10.1. The summed E-state index contributed by atoms with van der Waals surface area (Å²) < 4.78 is 11.4. The molecule has 5 nitrogen and oxygen atoms in total. The maximum Gasteiger partial charge on any atom is 0.225 e. The van der Waals surface area contributed by atoms with Gasteiger partial charge in [0, 0.05) is 40.8 Å². The second-order valence-corrected chi connectivity index (χ2v) is 6.77. The minimum atomic E-state index is -0.788. The molecule has 0 bridgehead atoms. The molecule has 0 aliphatic heterocycles. The molecule has 0 fully saturated rings. The van der Waals surface area contributed by atoms with E-state index in [1.165, 1.54) is 0 Å². The van der Waals surface area contributed by atoms with Gasteiger partial charge in [-0.3, -0.25) is 4.21 Å². The van der Waals surface area contributed by atoms with Crippen LogP contribution in [0, 0.1) is 0 Å². The van der Waals surface area contributed by atoms with Gasteiger partial charge in [0.2, 0.25) is 5.95 Å². The van der Waals surface area contributed by atoms with Crippen molar-refractivity contribution in [3.8, 4) is 0 Å². The summed E-state index contributed by atoms with van der Waals surface area (Å²) in [6.45, 7) is 5.54. The lowest BCUT2D eigenvalue weighted by molar-refractivity contribution is 0.672. The topological polar surface area (TPSA) is 66.9 Å². The molecule has 21 heavy (non-hydrogen) atoms. The molecule has 1 heterocycles. The van der Waals surface area contributed by atoms with Crippen molar-refractivity contribution in [1.29, 1.82) is 0 Å². The normalized spacial score (nSPS) is 13.9. The van der Waals surface area contributed by atoms with E-state index in [-0.39, 0.29) is 5.25 Å². The third kappa shape index (κ3) is 4.14. The Balaban J connectivity index is 2.18. The summed E-state index contributed by atoms with van der Waals surface area (Å²) in [4.78, 5) is 9.01. The van der Waals surface area contributed by atoms with E-state index in [4.69, 9.17) is 0 Å². The first-order valence-electron chi connectivity index (χ1n) is 7.18. The lowest BCUT2D eigenvalue weighted by atomic mass is 10.2. The van der Waals surface area contributed by atoms with Gasteiger partial charge >= 0.3 is 0 Å². The van der Waals surface area contributed by atoms with Gasteiger partial charge in [-0.15, -0.1) is 0 Å². The molecule has 2 unspecified atom stereocenters. The number of anilines is 2. The zero-order valence-corrected chi connectivity index (χ0v) is 13.5. The van der Waals surface area contributed by atoms with Crippen LogP contribution in [0.2, 0.25) is 0 Å². The van der Waals surface area contributed by atoms with Crippen LogP contribution in [0.1, 0.15) is 20.3 Å². The van der Waals surface area contributed by atoms with Crippen molar-refractivity contribution in [1.82, 2.24) is 9.97 Å². The quantitative estimate of drug-likeness (QED) is 0.823. The van der Waals surface area contributed by atoms with Gasteiger partial charge in [0.1, 0.15) is 5.82 Å². The van der Waals surface area contributed by atoms with E-state index in [0.29, 0.717) is 5.95 Å². The van der Waals surface area contributed by atoms with Gasteiger partial charge in [-0.1, -0.05) is 19.1 Å². The van der Waals surface area contributed by atoms with Crippen molar-refractivity contribution < 1.29 is 4.21 Å². The van der Waals surface area contributed by atoms with E-state index in [1.807, 2.05) is 38.1 Å². The highest BCUT2D eigenvalue weighted by Gasteiger charge is 2.09. The van der Waals surface area contributed by atoms with Crippen molar-refractivity contribution >= 4 is 33.5 Å². The zero-order valence-electron chi connectivity index (χ0n) is 12.7. The summed E-state index contributed by atoms with van der Waals surface area (Å²) in [5, 5.41) is 7.68. The maximum absolute atomic E-state index is 11.4. The molecule has 0 saturated carbocycles. The number of hydrogen-bond acceptors (Lipinski definition) is 5. The molecular weight excluding hydrogens is 284 g/mol. The van der Waals surface area contributed by atoms with E-state index in [1.54, 1.807) is 6.26 Å². The Bertz CT molecular complexity index is 632. The van der Waals surface area contributed by atoms with Crippen molar-refractivity contribution in [3.05, 3.63) is 24.3 Å². The third-order valence-corrected chi connectivity index (χ3v) is 4.72. The van der Waals surface area contributed by atoms with Crippen molar-refractivity contribution in [2.45, 2.75) is 25.5 Å². The molecule has 6 heteroatoms. The number of fused-ring (bicyclic) bond motifs is 1. The second-order valence-electron chi connectivity index (χ2n) is 4.97. The molecule has 0 amide bonds. The number of para-hydroxylation sites is 1. The molecule has 0 spiro atoms. The molecule has 2 aromatic rings. The van der Waals surface area contributed by atoms with Crippen LogP contribution in [0.4, 0.5) is 11.8 Å². The van der Waals surface area contributed by atoms with Gasteiger partial charge in [-0.25, -0.2) is 4.98 Å². The minimum Gasteiger partial charge on any atom is -0.369 e. The lowest BCUT2D eigenvalue weighted by Gasteiger charge is -2.13. The van der Waals surface area contributed by atoms with Crippen LogP contribution >= 0.6 is 0 Å². The van der Waals surface area contributed by atoms with E-state index in [9.17, 15) is 4.21 Å². The van der Waals surface area contributed by atoms with E-state index in [0.717, 1.165) is 36.2 Å². The highest BCUT2D eigenvalue weighted by Crippen LogP contribution is 2.21. The predicted octanol–water partition coefficient (Wildman–Crippen LogP) is 2.63. The van der Waals surface area contributed by atoms with Crippen LogP contribution in [-0.2, 0) is 10.8 Å². The Kier molecular flexibility index (Phi) is 5.50. The fraction of sp³-hybridized carbons (Fsp3) is 0.467. The molecule has 1 aromatic carbocycles. The highest BCUT2D eigenvalue weighted by molar-refractivity contribution is 7.84. The summed E-state index contributed by atoms with van der Waals surface area (Å²) in [5.41, 5.74) is 0.915. The average Bonchev–Trinajstić information content (AvgIpc) is 2.47. The van der Waals surface area contributed by atoms with Crippen LogP contribution in [0.5, 0.6) is 0 Å². The molecule has 114 valence electrons. The Hall–Kier alpha value is -1.69. The largest absolute Gasteiger partial charge is 0.369 e. The summed E-state index contributed by atoms with van der Waals surface area (Å²) in [5.74, 6) is 1.46. The van der Waals surface area contributed by atoms with Crippen molar-refractivity contribution in [2.24, 2.45) is 0 Å². The smallest absolute Gasteiger partial charge is 0.225 e. The molecule has 2 rings (SSSR count). The van der Waals surface area contributed by atoms with Gasteiger partial charge in [-0.05, 0) is 25.5 Å². The van der Waals surface area contributed by atoms with Crippen LogP contribution in [-0.4, -0.2) is 38.8 Å². The summed E-state index contributed by atoms with van der Waals surface area (Å²) in [7, 11) is -0.788. The number of benzene rings is 1. The van der Waals surface area contributed by atoms with Crippen LogP contribution in [0.15, 0.2) is 24.3 Å². The SMILES string of the molecule is CCNc1nc(NCCC(C)S(C)=O)c2ccccc2n1. The molecule has 2 N–H and O–H groups in total. The monoisotopic (exact) mass is 306 g/mol. The Morgan fingerprint density at radius 1 is 1.24 bits per heavy atom. The number of nitrogens with one attached hydrogen (secondary N) is 2. The molecule has 1 aromatic heterocycles. The van der Waals surface area contributed by atoms with Crippen LogP contribution < -0.4 is 10.6 Å². The third-order valence-electron chi connectivity index (χ3n) is 3.35. The van der Waals surface area contributed by atoms with E-state index in [2.05, 4.69) is 20.6 Å². The molecule has 0 aliphatic carbocycles. The zero-order chi connectivity index (χ0) is 15.2. The Morgan fingerprint density at radius 2 is 2.00 bits per heavy atom. The Morgan fingerprint density at radius 3 is 2.71 bits per heavy atom. The number of nitrogens with zero attached hydrogens (tertiary/aromatic N) is 2. The number of aromatic nitrogens is 2. The predicted molar refractivity (Wildman–Crippen MR) is 90.3 cm³/mol. The summed E-state index contributed by atoms with van der Waals surface area (Å²) in [6.07, 6.45) is 2.59. The molecule has 2 atom stereocenters. The highest BCUT2D eigenvalue weighted by atomic mass is 32.2. The fourth-order valence-corrected chi connectivity index (χ4v) is 2.46. The van der Waals surface area contributed by atoms with Crippen molar-refractivity contribution in [3.63, 3.8) is 0 Å². The lowest BCUT2D eigenvalue weighted by Crippen LogP contribution is -2.16. The first-order valence-corrected chi connectivity index (χ1v) is 8.80. The summed E-state index contributed by atoms with van der Waals surface area (Å²) in [6, 6.07) is 7.94. The second kappa shape index (κ2) is 7.36. The summed E-state index contributed by atoms with van der Waals surface area (Å²) >= 11 is 0. The van der Waals surface area contributed by atoms with E-state index < -0.39 is 10.8 Å². The standard InChI is InChI=1S/C15H22N4OS/c1-4-16-15-18-13-8-6-5-7-12(13)14(19-15)17-10-9-11(2)21(3)20/h5-8,11H,4,9-10H2,1-3H3,(H2,16,17,18,19). The van der Waals surface area contributed by atoms with Gasteiger partial charge in [0.15, 0.2) is 0 Å². The van der Waals surface area contributed by atoms with Crippen LogP contribution in [0.25, 0.3) is 10.9 Å².